The molecule has 3 saturated heterocycles. The minimum atomic E-state index is -0.955. The molecule has 13 heteroatoms. The van der Waals surface area contributed by atoms with Crippen molar-refractivity contribution in [2.75, 3.05) is 71.3 Å². The average Bonchev–Trinajstić information content (AvgIpc) is 3.52. The fraction of sp³-hybridized carbons (Fsp3) is 0.571. The lowest BCUT2D eigenvalue weighted by molar-refractivity contribution is -0.143. The maximum absolute atomic E-state index is 14.1. The third-order valence-corrected chi connectivity index (χ3v) is 10.7. The Morgan fingerprint density at radius 2 is 1.62 bits per heavy atom. The summed E-state index contributed by atoms with van der Waals surface area (Å²) in [5, 5.41) is 14.2. The van der Waals surface area contributed by atoms with Crippen molar-refractivity contribution >= 4 is 34.8 Å². The topological polar surface area (TPSA) is 130 Å². The van der Waals surface area contributed by atoms with Crippen molar-refractivity contribution in [1.29, 1.82) is 0 Å². The Hall–Kier alpha value is -4.23. The lowest BCUT2D eigenvalue weighted by Crippen LogP contribution is -2.56. The van der Waals surface area contributed by atoms with E-state index in [9.17, 15) is 14.4 Å². The molecule has 3 aromatic rings. The zero-order valence-corrected chi connectivity index (χ0v) is 28.1. The molecule has 7 rings (SSSR count). The number of likely N-dealkylation sites (tertiary alicyclic amines) is 2. The van der Waals surface area contributed by atoms with Crippen molar-refractivity contribution in [3.8, 4) is 0 Å². The van der Waals surface area contributed by atoms with Crippen LogP contribution in [0.1, 0.15) is 42.4 Å². The number of rotatable bonds is 6. The minimum absolute atomic E-state index is 0.0267. The molecule has 13 nitrogen and oxygen atoms in total. The second kappa shape index (κ2) is 14.1. The Kier molecular flexibility index (Phi) is 9.49. The number of carbonyl (C=O) groups excluding carboxylic acids is 3. The van der Waals surface area contributed by atoms with Crippen LogP contribution in [0.4, 0.5) is 15.3 Å². The first-order chi connectivity index (χ1) is 23.3. The molecule has 0 bridgehead atoms. The number of benzene rings is 2. The van der Waals surface area contributed by atoms with Gasteiger partial charge in [0.05, 0.1) is 0 Å². The fourth-order valence-corrected chi connectivity index (χ4v) is 7.87. The Morgan fingerprint density at radius 3 is 2.40 bits per heavy atom. The smallest absolute Gasteiger partial charge is 0.410 e. The van der Waals surface area contributed by atoms with Gasteiger partial charge in [0.15, 0.2) is 6.10 Å². The number of ether oxygens (including phenoxy) is 1. The fourth-order valence-electron chi connectivity index (χ4n) is 7.87. The maximum atomic E-state index is 14.1. The van der Waals surface area contributed by atoms with Crippen molar-refractivity contribution < 1.29 is 19.1 Å². The number of piperazine rings is 1. The van der Waals surface area contributed by atoms with Gasteiger partial charge in [-0.05, 0) is 88.0 Å². The molecule has 1 atom stereocenters. The SMILES string of the molecule is Cc1cc(CC(OC(=O)N2CCC(N3CCc4ccccc4NC3=O)CC2)C(=O)N2CCN(C3CCN(C)CC3)CC2)cc2n[nH]nc12. The van der Waals surface area contributed by atoms with E-state index < -0.39 is 12.2 Å². The van der Waals surface area contributed by atoms with Gasteiger partial charge in [0.2, 0.25) is 0 Å². The molecule has 256 valence electrons. The number of amides is 4. The van der Waals surface area contributed by atoms with Crippen molar-refractivity contribution in [2.24, 2.45) is 0 Å². The molecule has 4 amide bonds. The molecule has 3 fully saturated rings. The Bertz CT molecular complexity index is 1620. The minimum Gasteiger partial charge on any atom is -0.436 e. The highest BCUT2D eigenvalue weighted by molar-refractivity contribution is 5.91. The molecule has 0 radical (unpaired) electrons. The molecule has 0 spiro atoms. The molecule has 0 saturated carbocycles. The highest BCUT2D eigenvalue weighted by atomic mass is 16.6. The van der Waals surface area contributed by atoms with Crippen molar-refractivity contribution in [2.45, 2.75) is 63.6 Å². The Balaban J connectivity index is 0.996. The Morgan fingerprint density at radius 1 is 0.896 bits per heavy atom. The molecule has 5 heterocycles. The van der Waals surface area contributed by atoms with Gasteiger partial charge in [-0.25, -0.2) is 9.59 Å². The van der Waals surface area contributed by atoms with Crippen LogP contribution in [0.5, 0.6) is 0 Å². The molecule has 48 heavy (non-hydrogen) atoms. The van der Waals surface area contributed by atoms with Gasteiger partial charge in [-0.2, -0.15) is 15.4 Å². The third-order valence-electron chi connectivity index (χ3n) is 10.7. The summed E-state index contributed by atoms with van der Waals surface area (Å²) in [7, 11) is 2.17. The van der Waals surface area contributed by atoms with Crippen molar-refractivity contribution in [3.63, 3.8) is 0 Å². The summed E-state index contributed by atoms with van der Waals surface area (Å²) in [6, 6.07) is 12.3. The number of nitrogens with one attached hydrogen (secondary N) is 2. The predicted octanol–water partition coefficient (Wildman–Crippen LogP) is 3.11. The van der Waals surface area contributed by atoms with E-state index >= 15 is 0 Å². The first-order valence-corrected chi connectivity index (χ1v) is 17.4. The predicted molar refractivity (Wildman–Crippen MR) is 182 cm³/mol. The zero-order chi connectivity index (χ0) is 33.2. The summed E-state index contributed by atoms with van der Waals surface area (Å²) in [4.78, 5) is 51.2. The number of H-pyrrole nitrogens is 1. The van der Waals surface area contributed by atoms with Crippen LogP contribution < -0.4 is 5.32 Å². The molecule has 1 aromatic heterocycles. The van der Waals surface area contributed by atoms with Crippen LogP contribution in [0.3, 0.4) is 0 Å². The molecule has 1 unspecified atom stereocenters. The summed E-state index contributed by atoms with van der Waals surface area (Å²) >= 11 is 0. The van der Waals surface area contributed by atoms with E-state index in [0.717, 1.165) is 78.9 Å². The molecular formula is C35H47N9O4. The van der Waals surface area contributed by atoms with E-state index in [0.29, 0.717) is 51.6 Å². The number of fused-ring (bicyclic) bond motifs is 2. The maximum Gasteiger partial charge on any atom is 0.410 e. The average molecular weight is 658 g/mol. The van der Waals surface area contributed by atoms with Gasteiger partial charge in [0.25, 0.3) is 5.91 Å². The zero-order valence-electron chi connectivity index (χ0n) is 28.1. The second-order valence-electron chi connectivity index (χ2n) is 13.8. The molecule has 4 aliphatic heterocycles. The van der Waals surface area contributed by atoms with E-state index in [2.05, 4.69) is 43.6 Å². The van der Waals surface area contributed by atoms with Gasteiger partial charge >= 0.3 is 12.1 Å². The van der Waals surface area contributed by atoms with E-state index in [1.165, 1.54) is 0 Å². The largest absolute Gasteiger partial charge is 0.436 e. The summed E-state index contributed by atoms with van der Waals surface area (Å²) in [6.07, 6.45) is 3.22. The summed E-state index contributed by atoms with van der Waals surface area (Å²) in [5.41, 5.74) is 5.32. The number of para-hydroxylation sites is 1. The second-order valence-corrected chi connectivity index (χ2v) is 13.8. The van der Waals surface area contributed by atoms with Crippen LogP contribution in [0, 0.1) is 6.92 Å². The number of urea groups is 1. The lowest BCUT2D eigenvalue weighted by Gasteiger charge is -2.42. The van der Waals surface area contributed by atoms with Crippen LogP contribution in [-0.2, 0) is 22.4 Å². The van der Waals surface area contributed by atoms with E-state index in [1.807, 2.05) is 47.1 Å². The highest BCUT2D eigenvalue weighted by Crippen LogP contribution is 2.26. The summed E-state index contributed by atoms with van der Waals surface area (Å²) in [5.74, 6) is -0.153. The molecule has 2 N–H and O–H groups in total. The van der Waals surface area contributed by atoms with Crippen molar-refractivity contribution in [1.82, 2.24) is 39.9 Å². The number of nitrogens with zero attached hydrogens (tertiary/aromatic N) is 7. The van der Waals surface area contributed by atoms with E-state index in [4.69, 9.17) is 4.74 Å². The normalized spacial score (nSPS) is 21.1. The molecule has 2 aromatic carbocycles. The number of hydrogen-bond donors (Lipinski definition) is 2. The van der Waals surface area contributed by atoms with Gasteiger partial charge in [0, 0.05) is 70.0 Å². The number of hydrogen-bond acceptors (Lipinski definition) is 8. The molecule has 4 aliphatic rings. The number of aromatic amines is 1. The lowest BCUT2D eigenvalue weighted by atomic mass is 10.0. The van der Waals surface area contributed by atoms with Gasteiger partial charge in [0.1, 0.15) is 11.0 Å². The van der Waals surface area contributed by atoms with E-state index in [-0.39, 0.29) is 24.4 Å². The Labute approximate surface area is 281 Å². The molecular weight excluding hydrogens is 610 g/mol. The standard InChI is InChI=1S/C35H47N9O4/c1-24-21-25(22-30-32(24)38-39-37-30)23-31(33(45)42-19-17-41(18-20-42)27-8-12-40(2)13-9-27)48-35(47)43-14-10-28(11-15-43)44-16-7-26-5-3-4-6-29(26)36-34(44)46/h3-6,21-22,27-28,31H,7-20,23H2,1-2H3,(H,36,46)(H,37,38,39). The van der Waals surface area contributed by atoms with Crippen LogP contribution in [0.25, 0.3) is 11.0 Å². The third kappa shape index (κ3) is 6.98. The number of aryl methyl sites for hydroxylation is 1. The van der Waals surface area contributed by atoms with Gasteiger partial charge in [-0.1, -0.05) is 24.3 Å². The van der Waals surface area contributed by atoms with Crippen LogP contribution in [0.15, 0.2) is 36.4 Å². The van der Waals surface area contributed by atoms with Crippen LogP contribution in [0.2, 0.25) is 0 Å². The number of aromatic nitrogens is 3. The number of piperidine rings is 2. The summed E-state index contributed by atoms with van der Waals surface area (Å²) < 4.78 is 6.10. The first-order valence-electron chi connectivity index (χ1n) is 17.4. The van der Waals surface area contributed by atoms with Crippen LogP contribution >= 0.6 is 0 Å². The highest BCUT2D eigenvalue weighted by Gasteiger charge is 2.36. The summed E-state index contributed by atoms with van der Waals surface area (Å²) in [6.45, 7) is 8.62. The van der Waals surface area contributed by atoms with Gasteiger partial charge in [-0.3, -0.25) is 9.69 Å². The number of carbonyl (C=O) groups is 3. The molecule has 0 aliphatic carbocycles. The quantitative estimate of drug-likeness (QED) is 0.414. The van der Waals surface area contributed by atoms with Gasteiger partial charge in [-0.15, -0.1) is 0 Å². The first kappa shape index (κ1) is 32.3. The van der Waals surface area contributed by atoms with Gasteiger partial charge < -0.3 is 29.7 Å². The van der Waals surface area contributed by atoms with Crippen LogP contribution in [-0.4, -0.2) is 142 Å². The monoisotopic (exact) mass is 657 g/mol. The van der Waals surface area contributed by atoms with Crippen molar-refractivity contribution in [3.05, 3.63) is 53.1 Å². The number of anilines is 1. The van der Waals surface area contributed by atoms with E-state index in [1.54, 1.807) is 4.90 Å².